The number of hydrogen-bond acceptors (Lipinski definition) is 6. The van der Waals surface area contributed by atoms with Gasteiger partial charge in [0.15, 0.2) is 5.66 Å². The van der Waals surface area contributed by atoms with Gasteiger partial charge in [-0.15, -0.1) is 24.1 Å². The molecule has 9 heteroatoms. The van der Waals surface area contributed by atoms with Crippen molar-refractivity contribution in [1.29, 1.82) is 0 Å². The monoisotopic (exact) mass is 447 g/mol. The first-order valence-electron chi connectivity index (χ1n) is 11.2. The lowest BCUT2D eigenvalue weighted by atomic mass is 9.84. The largest absolute Gasteiger partial charge is 0.357 e. The van der Waals surface area contributed by atoms with Crippen LogP contribution in [0.3, 0.4) is 0 Å². The molecule has 1 N–H and O–H groups in total. The van der Waals surface area contributed by atoms with Crippen molar-refractivity contribution in [3.8, 4) is 12.3 Å². The number of likely N-dealkylation sites (N-methyl/N-ethyl adjacent to an activating group) is 1. The molecule has 3 aliphatic rings. The van der Waals surface area contributed by atoms with Crippen molar-refractivity contribution in [2.24, 2.45) is 16.1 Å². The van der Waals surface area contributed by atoms with Crippen LogP contribution in [0.2, 0.25) is 0 Å². The molecule has 1 aliphatic carbocycles. The van der Waals surface area contributed by atoms with Gasteiger partial charge in [0, 0.05) is 32.9 Å². The lowest BCUT2D eigenvalue weighted by Gasteiger charge is -2.35. The molecule has 0 aromatic heterocycles. The summed E-state index contributed by atoms with van der Waals surface area (Å²) in [5.41, 5.74) is -0.526. The molecule has 1 saturated heterocycles. The summed E-state index contributed by atoms with van der Waals surface area (Å²) in [7, 11) is 1.61. The van der Waals surface area contributed by atoms with Crippen LogP contribution in [0.25, 0.3) is 0 Å². The average Bonchev–Trinajstić information content (AvgIpc) is 3.45. The van der Waals surface area contributed by atoms with Crippen LogP contribution in [-0.2, 0) is 14.4 Å². The molecule has 2 fully saturated rings. The van der Waals surface area contributed by atoms with Gasteiger partial charge in [-0.25, -0.2) is 0 Å². The lowest BCUT2D eigenvalue weighted by Crippen LogP contribution is -2.53. The van der Waals surface area contributed by atoms with E-state index in [1.807, 2.05) is 0 Å². The molecular formula is C22H33N5O3S. The second kappa shape index (κ2) is 11.0. The van der Waals surface area contributed by atoms with Crippen LogP contribution < -0.4 is 5.32 Å². The Balaban J connectivity index is 1.73. The first kappa shape index (κ1) is 23.6. The molecule has 2 aliphatic heterocycles. The Morgan fingerprint density at radius 2 is 2.06 bits per heavy atom. The molecule has 1 atom stereocenters. The van der Waals surface area contributed by atoms with Crippen LogP contribution in [-0.4, -0.2) is 71.0 Å². The van der Waals surface area contributed by atoms with E-state index in [9.17, 15) is 14.4 Å². The minimum atomic E-state index is -0.547. The summed E-state index contributed by atoms with van der Waals surface area (Å²) in [4.78, 5) is 41.5. The van der Waals surface area contributed by atoms with Crippen LogP contribution >= 0.6 is 11.8 Å². The quantitative estimate of drug-likeness (QED) is 0.492. The van der Waals surface area contributed by atoms with Crippen molar-refractivity contribution < 1.29 is 14.4 Å². The number of thioether (sulfide) groups is 1. The third kappa shape index (κ3) is 6.45. The summed E-state index contributed by atoms with van der Waals surface area (Å²) in [6.45, 7) is 0.381. The standard InChI is InChI=1S/C22H33N5O3S/c1-3-4-10-22(24-25-22)11-12-27(19(28)14-26-16-31-15-20(26)29)18(21(30)23-2)13-17-8-6-5-7-9-17/h1,17-18H,4-16H2,2H3,(H,23,30). The highest BCUT2D eigenvalue weighted by atomic mass is 32.2. The van der Waals surface area contributed by atoms with E-state index in [2.05, 4.69) is 21.5 Å². The molecule has 1 unspecified atom stereocenters. The SMILES string of the molecule is C#CCCC1(CCN(C(=O)CN2CSCC2=O)C(CC2CCCCC2)C(=O)NC)N=N1. The fourth-order valence-electron chi connectivity index (χ4n) is 4.50. The van der Waals surface area contributed by atoms with Gasteiger partial charge >= 0.3 is 0 Å². The first-order valence-corrected chi connectivity index (χ1v) is 12.4. The molecule has 3 amide bonds. The second-order valence-corrected chi connectivity index (χ2v) is 9.62. The Kier molecular flexibility index (Phi) is 8.35. The zero-order valence-corrected chi connectivity index (χ0v) is 19.2. The Morgan fingerprint density at radius 1 is 1.32 bits per heavy atom. The zero-order chi connectivity index (χ0) is 22.3. The fourth-order valence-corrected chi connectivity index (χ4v) is 5.40. The van der Waals surface area contributed by atoms with E-state index in [0.717, 1.165) is 12.8 Å². The Bertz CT molecular complexity index is 738. The molecule has 31 heavy (non-hydrogen) atoms. The minimum Gasteiger partial charge on any atom is -0.357 e. The van der Waals surface area contributed by atoms with E-state index >= 15 is 0 Å². The minimum absolute atomic E-state index is 0.00956. The molecule has 2 heterocycles. The van der Waals surface area contributed by atoms with Gasteiger partial charge in [-0.1, -0.05) is 32.1 Å². The Labute approximate surface area is 189 Å². The number of nitrogens with one attached hydrogen (secondary N) is 1. The van der Waals surface area contributed by atoms with Crippen molar-refractivity contribution >= 4 is 29.5 Å². The molecule has 3 rings (SSSR count). The van der Waals surface area contributed by atoms with E-state index in [4.69, 9.17) is 6.42 Å². The Morgan fingerprint density at radius 3 is 2.65 bits per heavy atom. The number of carbonyl (C=O) groups is 3. The van der Waals surface area contributed by atoms with Gasteiger partial charge in [-0.05, 0) is 12.3 Å². The maximum atomic E-state index is 13.3. The zero-order valence-electron chi connectivity index (χ0n) is 18.3. The molecule has 8 nitrogen and oxygen atoms in total. The van der Waals surface area contributed by atoms with Crippen LogP contribution in [0, 0.1) is 18.3 Å². The molecule has 1 saturated carbocycles. The first-order chi connectivity index (χ1) is 15.0. The van der Waals surface area contributed by atoms with Gasteiger partial charge in [0.1, 0.15) is 12.6 Å². The molecule has 170 valence electrons. The molecule has 0 bridgehead atoms. The third-order valence-corrected chi connectivity index (χ3v) is 7.43. The highest BCUT2D eigenvalue weighted by Crippen LogP contribution is 2.37. The summed E-state index contributed by atoms with van der Waals surface area (Å²) < 4.78 is 0. The number of carbonyl (C=O) groups excluding carboxylic acids is 3. The number of nitrogens with zero attached hydrogens (tertiary/aromatic N) is 4. The number of terminal acetylenes is 1. The van der Waals surface area contributed by atoms with Gasteiger partial charge < -0.3 is 15.1 Å². The van der Waals surface area contributed by atoms with Crippen LogP contribution in [0.15, 0.2) is 10.2 Å². The van der Waals surface area contributed by atoms with Crippen molar-refractivity contribution in [2.75, 3.05) is 31.8 Å². The van der Waals surface area contributed by atoms with Crippen molar-refractivity contribution in [3.63, 3.8) is 0 Å². The normalized spacial score (nSPS) is 20.9. The predicted octanol–water partition coefficient (Wildman–Crippen LogP) is 2.40. The van der Waals surface area contributed by atoms with Crippen molar-refractivity contribution in [2.45, 2.75) is 69.5 Å². The van der Waals surface area contributed by atoms with Crippen molar-refractivity contribution in [1.82, 2.24) is 15.1 Å². The third-order valence-electron chi connectivity index (χ3n) is 6.48. The number of hydrogen-bond donors (Lipinski definition) is 1. The summed E-state index contributed by atoms with van der Waals surface area (Å²) >= 11 is 1.51. The summed E-state index contributed by atoms with van der Waals surface area (Å²) in [6, 6.07) is -0.547. The highest BCUT2D eigenvalue weighted by Gasteiger charge is 2.41. The maximum absolute atomic E-state index is 13.3. The van der Waals surface area contributed by atoms with E-state index in [1.165, 1.54) is 31.0 Å². The summed E-state index contributed by atoms with van der Waals surface area (Å²) in [5, 5.41) is 11.1. The summed E-state index contributed by atoms with van der Waals surface area (Å²) in [5.74, 6) is 3.61. The van der Waals surface area contributed by atoms with Gasteiger partial charge in [0.05, 0.1) is 11.6 Å². The van der Waals surface area contributed by atoms with Gasteiger partial charge in [0.2, 0.25) is 17.7 Å². The maximum Gasteiger partial charge on any atom is 0.242 e. The van der Waals surface area contributed by atoms with E-state index in [-0.39, 0.29) is 24.3 Å². The molecule has 0 aromatic rings. The average molecular weight is 448 g/mol. The number of rotatable bonds is 11. The molecule has 0 spiro atoms. The molecule has 0 aromatic carbocycles. The topological polar surface area (TPSA) is 94.4 Å². The smallest absolute Gasteiger partial charge is 0.242 e. The fraction of sp³-hybridized carbons (Fsp3) is 0.773. The van der Waals surface area contributed by atoms with Gasteiger partial charge in [0.25, 0.3) is 0 Å². The summed E-state index contributed by atoms with van der Waals surface area (Å²) in [6.07, 6.45) is 13.6. The lowest BCUT2D eigenvalue weighted by molar-refractivity contribution is -0.144. The van der Waals surface area contributed by atoms with Gasteiger partial charge in [-0.3, -0.25) is 14.4 Å². The van der Waals surface area contributed by atoms with E-state index < -0.39 is 11.7 Å². The van der Waals surface area contributed by atoms with Crippen LogP contribution in [0.4, 0.5) is 0 Å². The molecule has 0 radical (unpaired) electrons. The Hall–Kier alpha value is -2.08. The van der Waals surface area contributed by atoms with Crippen LogP contribution in [0.5, 0.6) is 0 Å². The van der Waals surface area contributed by atoms with Gasteiger partial charge in [-0.2, -0.15) is 10.2 Å². The van der Waals surface area contributed by atoms with Crippen LogP contribution in [0.1, 0.15) is 57.8 Å². The number of amides is 3. The highest BCUT2D eigenvalue weighted by molar-refractivity contribution is 8.00. The van der Waals surface area contributed by atoms with E-state index in [0.29, 0.717) is 49.8 Å². The molecular weight excluding hydrogens is 414 g/mol. The van der Waals surface area contributed by atoms with Crippen molar-refractivity contribution in [3.05, 3.63) is 0 Å². The van der Waals surface area contributed by atoms with E-state index in [1.54, 1.807) is 16.8 Å². The second-order valence-electron chi connectivity index (χ2n) is 8.66. The predicted molar refractivity (Wildman–Crippen MR) is 120 cm³/mol.